The van der Waals surface area contributed by atoms with E-state index in [0.717, 1.165) is 22.3 Å². The molecule has 0 aliphatic carbocycles. The number of primary amides is 1. The van der Waals surface area contributed by atoms with Gasteiger partial charge in [-0.15, -0.1) is 0 Å². The first-order valence-electron chi connectivity index (χ1n) is 11.5. The number of aliphatic hydroxyl groups excluding tert-OH is 2. The Bertz CT molecular complexity index is 1280. The van der Waals surface area contributed by atoms with E-state index in [1.54, 1.807) is 35.0 Å². The van der Waals surface area contributed by atoms with Crippen molar-refractivity contribution in [2.75, 3.05) is 5.43 Å². The van der Waals surface area contributed by atoms with Gasteiger partial charge in [-0.3, -0.25) is 10.4 Å². The van der Waals surface area contributed by atoms with Crippen LogP contribution in [0.4, 0.5) is 20.7 Å². The number of aromatic nitrogens is 1. The van der Waals surface area contributed by atoms with Gasteiger partial charge in [-0.2, -0.15) is 0 Å². The molecule has 0 bridgehead atoms. The Morgan fingerprint density at radius 2 is 1.89 bits per heavy atom. The van der Waals surface area contributed by atoms with E-state index < -0.39 is 30.6 Å². The van der Waals surface area contributed by atoms with Gasteiger partial charge in [-0.1, -0.05) is 24.3 Å². The molecule has 3 heterocycles. The minimum Gasteiger partial charge on any atom is -0.388 e. The fraction of sp³-hybridized carbons (Fsp3) is 0.280. The molecule has 11 heteroatoms. The molecule has 5 rings (SSSR count). The SMILES string of the molecule is C[C@H]1O[C@@H](n2cc(-c3ccc(CNC(N)=O)cc3)c3c2N=CN(Nc2ccc(F)cc2)C3)[C@H](O)[C@@H]1O. The molecule has 2 aliphatic heterocycles. The van der Waals surface area contributed by atoms with Gasteiger partial charge in [-0.05, 0) is 42.3 Å². The molecular weight excluding hydrogens is 467 g/mol. The standard InChI is InChI=1S/C25H27FN6O4/c1-14-21(33)22(34)24(36-14)32-12-19(16-4-2-15(3-5-16)10-28-25(27)35)20-11-31(13-29-23(20)32)30-18-8-6-17(26)7-9-18/h2-9,12-14,21-22,24,30,33-34H,10-11H2,1H3,(H3,27,28,35)/t14-,21-,22-,24-/m1/s1. The quantitative estimate of drug-likeness (QED) is 0.357. The van der Waals surface area contributed by atoms with Crippen molar-refractivity contribution < 1.29 is 24.1 Å². The fourth-order valence-corrected chi connectivity index (χ4v) is 4.44. The zero-order valence-corrected chi connectivity index (χ0v) is 19.5. The second-order valence-corrected chi connectivity index (χ2v) is 8.87. The highest BCUT2D eigenvalue weighted by molar-refractivity contribution is 5.78. The van der Waals surface area contributed by atoms with Crippen LogP contribution >= 0.6 is 0 Å². The number of hydrogen-bond acceptors (Lipinski definition) is 7. The van der Waals surface area contributed by atoms with Crippen molar-refractivity contribution in [2.45, 2.75) is 44.6 Å². The number of anilines is 1. The van der Waals surface area contributed by atoms with Crippen molar-refractivity contribution in [1.82, 2.24) is 14.9 Å². The number of aliphatic hydroxyl groups is 2. The summed E-state index contributed by atoms with van der Waals surface area (Å²) in [5.41, 5.74) is 12.6. The van der Waals surface area contributed by atoms with Crippen LogP contribution < -0.4 is 16.5 Å². The normalized spacial score (nSPS) is 22.9. The number of hydrazine groups is 1. The summed E-state index contributed by atoms with van der Waals surface area (Å²) in [7, 11) is 0. The lowest BCUT2D eigenvalue weighted by Crippen LogP contribution is -2.31. The first-order valence-corrected chi connectivity index (χ1v) is 11.5. The van der Waals surface area contributed by atoms with Crippen molar-refractivity contribution in [3.63, 3.8) is 0 Å². The summed E-state index contributed by atoms with van der Waals surface area (Å²) in [6.07, 6.45) is 0.0118. The third kappa shape index (κ3) is 4.63. The Kier molecular flexibility index (Phi) is 6.35. The predicted octanol–water partition coefficient (Wildman–Crippen LogP) is 2.60. The number of halogens is 1. The largest absolute Gasteiger partial charge is 0.388 e. The van der Waals surface area contributed by atoms with Crippen molar-refractivity contribution in [3.8, 4) is 11.1 Å². The molecule has 1 aromatic heterocycles. The molecule has 0 unspecified atom stereocenters. The van der Waals surface area contributed by atoms with E-state index >= 15 is 0 Å². The summed E-state index contributed by atoms with van der Waals surface area (Å²) in [5, 5.41) is 25.2. The van der Waals surface area contributed by atoms with E-state index in [1.165, 1.54) is 12.1 Å². The number of nitrogens with two attached hydrogens (primary N) is 1. The molecule has 0 saturated carbocycles. The average molecular weight is 495 g/mol. The van der Waals surface area contributed by atoms with E-state index in [0.29, 0.717) is 24.6 Å². The highest BCUT2D eigenvalue weighted by atomic mass is 19.1. The molecule has 0 spiro atoms. The smallest absolute Gasteiger partial charge is 0.312 e. The average Bonchev–Trinajstić information content (AvgIpc) is 3.36. The third-order valence-electron chi connectivity index (χ3n) is 6.36. The van der Waals surface area contributed by atoms with Crippen LogP contribution in [0.2, 0.25) is 0 Å². The van der Waals surface area contributed by atoms with Crippen LogP contribution in [0.3, 0.4) is 0 Å². The van der Waals surface area contributed by atoms with Gasteiger partial charge in [0.1, 0.15) is 30.2 Å². The van der Waals surface area contributed by atoms with Crippen molar-refractivity contribution in [2.24, 2.45) is 10.7 Å². The van der Waals surface area contributed by atoms with E-state index in [9.17, 15) is 19.4 Å². The van der Waals surface area contributed by atoms with Gasteiger partial charge in [0.25, 0.3) is 0 Å². The Labute approximate surface area is 206 Å². The third-order valence-corrected chi connectivity index (χ3v) is 6.36. The summed E-state index contributed by atoms with van der Waals surface area (Å²) in [6.45, 7) is 2.44. The Hall–Kier alpha value is -3.93. The number of nitrogens with zero attached hydrogens (tertiary/aromatic N) is 3. The first-order chi connectivity index (χ1) is 17.3. The number of carbonyl (C=O) groups is 1. The number of nitrogens with one attached hydrogen (secondary N) is 2. The zero-order valence-electron chi connectivity index (χ0n) is 19.5. The van der Waals surface area contributed by atoms with Crippen LogP contribution in [0.1, 0.15) is 24.3 Å². The van der Waals surface area contributed by atoms with E-state index in [4.69, 9.17) is 10.5 Å². The number of carbonyl (C=O) groups excluding carboxylic acids is 1. The van der Waals surface area contributed by atoms with Crippen molar-refractivity contribution in [3.05, 3.63) is 71.7 Å². The maximum atomic E-state index is 13.3. The van der Waals surface area contributed by atoms with Gasteiger partial charge >= 0.3 is 6.03 Å². The van der Waals surface area contributed by atoms with E-state index in [2.05, 4.69) is 15.7 Å². The number of fused-ring (bicyclic) bond motifs is 1. The van der Waals surface area contributed by atoms with Crippen molar-refractivity contribution in [1.29, 1.82) is 0 Å². The topological polar surface area (TPSA) is 137 Å². The number of aliphatic imine (C=N–C) groups is 1. The summed E-state index contributed by atoms with van der Waals surface area (Å²) >= 11 is 0. The number of benzene rings is 2. The van der Waals surface area contributed by atoms with Gasteiger partial charge in [0.15, 0.2) is 6.23 Å². The Balaban J connectivity index is 1.48. The van der Waals surface area contributed by atoms with Gasteiger partial charge in [0.2, 0.25) is 0 Å². The van der Waals surface area contributed by atoms with Crippen LogP contribution in [0.5, 0.6) is 0 Å². The van der Waals surface area contributed by atoms with Gasteiger partial charge in [-0.25, -0.2) is 14.2 Å². The molecule has 2 amide bonds. The molecular formula is C25H27FN6O4. The summed E-state index contributed by atoms with van der Waals surface area (Å²) in [6, 6.07) is 13.1. The fourth-order valence-electron chi connectivity index (χ4n) is 4.44. The highest BCUT2D eigenvalue weighted by Crippen LogP contribution is 2.41. The van der Waals surface area contributed by atoms with Crippen LogP contribution in [0.15, 0.2) is 59.7 Å². The second kappa shape index (κ2) is 9.61. The summed E-state index contributed by atoms with van der Waals surface area (Å²) in [5.74, 6) is 0.280. The minimum absolute atomic E-state index is 0.312. The number of rotatable bonds is 6. The lowest BCUT2D eigenvalue weighted by atomic mass is 10.0. The van der Waals surface area contributed by atoms with E-state index in [-0.39, 0.29) is 5.82 Å². The molecule has 10 nitrogen and oxygen atoms in total. The predicted molar refractivity (Wildman–Crippen MR) is 132 cm³/mol. The molecule has 3 aromatic rings. The van der Waals surface area contributed by atoms with E-state index in [1.807, 2.05) is 30.5 Å². The minimum atomic E-state index is -1.11. The van der Waals surface area contributed by atoms with Gasteiger partial charge < -0.3 is 30.6 Å². The maximum Gasteiger partial charge on any atom is 0.312 e. The molecule has 6 N–H and O–H groups in total. The molecule has 0 radical (unpaired) electrons. The summed E-state index contributed by atoms with van der Waals surface area (Å²) < 4.78 is 20.9. The lowest BCUT2D eigenvalue weighted by molar-refractivity contribution is -0.0308. The number of amides is 2. The monoisotopic (exact) mass is 494 g/mol. The number of hydrogen-bond donors (Lipinski definition) is 5. The molecule has 1 saturated heterocycles. The van der Waals surface area contributed by atoms with Gasteiger partial charge in [0.05, 0.1) is 18.3 Å². The lowest BCUT2D eigenvalue weighted by Gasteiger charge is -2.26. The molecule has 2 aromatic carbocycles. The summed E-state index contributed by atoms with van der Waals surface area (Å²) in [4.78, 5) is 15.6. The van der Waals surface area contributed by atoms with Crippen LogP contribution in [0, 0.1) is 5.82 Å². The second-order valence-electron chi connectivity index (χ2n) is 8.87. The molecule has 36 heavy (non-hydrogen) atoms. The van der Waals surface area contributed by atoms with Crippen molar-refractivity contribution >= 4 is 23.9 Å². The number of ether oxygens (including phenoxy) is 1. The van der Waals surface area contributed by atoms with Crippen LogP contribution in [0.25, 0.3) is 11.1 Å². The maximum absolute atomic E-state index is 13.3. The molecule has 188 valence electrons. The first kappa shape index (κ1) is 23.8. The number of urea groups is 1. The molecule has 4 atom stereocenters. The van der Waals surface area contributed by atoms with Crippen LogP contribution in [-0.4, -0.2) is 50.5 Å². The Morgan fingerprint density at radius 3 is 2.53 bits per heavy atom. The zero-order chi connectivity index (χ0) is 25.4. The molecule has 1 fully saturated rings. The van der Waals surface area contributed by atoms with Gasteiger partial charge in [0, 0.05) is 23.9 Å². The van der Waals surface area contributed by atoms with Crippen LogP contribution in [-0.2, 0) is 17.8 Å². The Morgan fingerprint density at radius 1 is 1.17 bits per heavy atom. The molecule has 2 aliphatic rings. The highest BCUT2D eigenvalue weighted by Gasteiger charge is 2.42.